The Morgan fingerprint density at radius 3 is 2.36 bits per heavy atom. The summed E-state index contributed by atoms with van der Waals surface area (Å²) in [5.74, 6) is -2.69. The number of hydrogen-bond acceptors (Lipinski definition) is 4. The Kier molecular flexibility index (Phi) is 4.83. The fraction of sp³-hybridized carbons (Fsp3) is 0.0588. The van der Waals surface area contributed by atoms with Crippen molar-refractivity contribution in [3.8, 4) is 0 Å². The Balaban J connectivity index is 1.90. The van der Waals surface area contributed by atoms with Crippen molar-refractivity contribution in [2.24, 2.45) is 10.9 Å². The van der Waals surface area contributed by atoms with Crippen LogP contribution in [0.25, 0.3) is 0 Å². The molecule has 25 heavy (non-hydrogen) atoms. The van der Waals surface area contributed by atoms with Crippen molar-refractivity contribution in [3.05, 3.63) is 58.6 Å². The lowest BCUT2D eigenvalue weighted by molar-refractivity contribution is -0.131. The molecule has 0 aromatic heterocycles. The molecule has 1 heterocycles. The highest BCUT2D eigenvalue weighted by molar-refractivity contribution is 6.34. The van der Waals surface area contributed by atoms with Gasteiger partial charge in [0.25, 0.3) is 5.91 Å². The van der Waals surface area contributed by atoms with Gasteiger partial charge in [-0.15, -0.1) is 0 Å². The zero-order valence-electron chi connectivity index (χ0n) is 12.6. The van der Waals surface area contributed by atoms with Gasteiger partial charge in [-0.1, -0.05) is 35.3 Å². The number of urea groups is 1. The van der Waals surface area contributed by atoms with Gasteiger partial charge < -0.3 is 0 Å². The van der Waals surface area contributed by atoms with Gasteiger partial charge >= 0.3 is 6.03 Å². The molecule has 4 amide bonds. The van der Waals surface area contributed by atoms with Crippen molar-refractivity contribution in [1.82, 2.24) is 5.32 Å². The zero-order chi connectivity index (χ0) is 18.0. The quantitative estimate of drug-likeness (QED) is 0.657. The molecular weight excluding hydrogens is 365 g/mol. The number of barbiturate groups is 1. The van der Waals surface area contributed by atoms with Crippen molar-refractivity contribution in [2.45, 2.75) is 0 Å². The maximum Gasteiger partial charge on any atom is 0.335 e. The molecule has 1 aliphatic heterocycles. The molecule has 0 aliphatic carbocycles. The molecule has 1 fully saturated rings. The van der Waals surface area contributed by atoms with Crippen LogP contribution < -0.4 is 10.2 Å². The summed E-state index contributed by atoms with van der Waals surface area (Å²) in [5.41, 5.74) is 0.718. The second kappa shape index (κ2) is 7.04. The van der Waals surface area contributed by atoms with Gasteiger partial charge in [0.05, 0.1) is 16.4 Å². The lowest BCUT2D eigenvalue weighted by Gasteiger charge is -2.28. The van der Waals surface area contributed by atoms with E-state index in [4.69, 9.17) is 23.2 Å². The third kappa shape index (κ3) is 3.55. The highest BCUT2D eigenvalue weighted by Crippen LogP contribution is 2.25. The van der Waals surface area contributed by atoms with Crippen molar-refractivity contribution in [2.75, 3.05) is 4.90 Å². The molecule has 1 aliphatic rings. The van der Waals surface area contributed by atoms with Crippen LogP contribution >= 0.6 is 23.2 Å². The topological polar surface area (TPSA) is 78.8 Å². The maximum atomic E-state index is 12.6. The summed E-state index contributed by atoms with van der Waals surface area (Å²) >= 11 is 11.8. The number of carbonyl (C=O) groups is 3. The number of hydrogen-bond donors (Lipinski definition) is 1. The summed E-state index contributed by atoms with van der Waals surface area (Å²) < 4.78 is 0. The molecule has 0 spiro atoms. The van der Waals surface area contributed by atoms with Crippen LogP contribution in [0.15, 0.2) is 53.5 Å². The number of amides is 4. The van der Waals surface area contributed by atoms with Gasteiger partial charge in [-0.2, -0.15) is 0 Å². The molecule has 0 saturated carbocycles. The number of benzene rings is 2. The minimum Gasteiger partial charge on any atom is -0.276 e. The first-order chi connectivity index (χ1) is 12.0. The van der Waals surface area contributed by atoms with Crippen LogP contribution in [0.4, 0.5) is 16.2 Å². The smallest absolute Gasteiger partial charge is 0.276 e. The van der Waals surface area contributed by atoms with E-state index in [9.17, 15) is 14.4 Å². The Morgan fingerprint density at radius 1 is 1.00 bits per heavy atom. The molecular formula is C17H11Cl2N3O3. The Hall–Kier alpha value is -2.70. The molecule has 3 rings (SSSR count). The lowest BCUT2D eigenvalue weighted by Crippen LogP contribution is -2.58. The summed E-state index contributed by atoms with van der Waals surface area (Å²) in [4.78, 5) is 41.7. The van der Waals surface area contributed by atoms with Crippen molar-refractivity contribution < 1.29 is 14.4 Å². The molecule has 1 atom stereocenters. The van der Waals surface area contributed by atoms with Crippen molar-refractivity contribution in [3.63, 3.8) is 0 Å². The van der Waals surface area contributed by atoms with E-state index in [2.05, 4.69) is 10.3 Å². The van der Waals surface area contributed by atoms with E-state index in [1.807, 2.05) is 0 Å². The molecule has 0 bridgehead atoms. The molecule has 8 heteroatoms. The number of aliphatic imine (C=N–C) groups is 1. The van der Waals surface area contributed by atoms with E-state index in [1.54, 1.807) is 36.4 Å². The molecule has 1 saturated heterocycles. The molecule has 2 aromatic carbocycles. The zero-order valence-corrected chi connectivity index (χ0v) is 14.2. The Bertz CT molecular complexity index is 881. The average molecular weight is 376 g/mol. The van der Waals surface area contributed by atoms with Gasteiger partial charge in [0.15, 0.2) is 5.92 Å². The highest BCUT2D eigenvalue weighted by Gasteiger charge is 2.40. The number of nitrogens with one attached hydrogen (secondary N) is 1. The molecule has 1 N–H and O–H groups in total. The highest BCUT2D eigenvalue weighted by atomic mass is 35.5. The van der Waals surface area contributed by atoms with Crippen molar-refractivity contribution in [1.29, 1.82) is 0 Å². The van der Waals surface area contributed by atoms with Crippen molar-refractivity contribution >= 4 is 58.6 Å². The third-order valence-corrected chi connectivity index (χ3v) is 4.07. The number of imide groups is 2. The van der Waals surface area contributed by atoms with Crippen LogP contribution in [0.1, 0.15) is 0 Å². The van der Waals surface area contributed by atoms with E-state index >= 15 is 0 Å². The molecule has 2 aromatic rings. The molecule has 6 nitrogen and oxygen atoms in total. The van der Waals surface area contributed by atoms with Crippen LogP contribution in [0.3, 0.4) is 0 Å². The summed E-state index contributed by atoms with van der Waals surface area (Å²) in [7, 11) is 0. The minimum atomic E-state index is -1.25. The summed E-state index contributed by atoms with van der Waals surface area (Å²) in [6.45, 7) is 0. The van der Waals surface area contributed by atoms with Gasteiger partial charge in [0, 0.05) is 11.2 Å². The summed E-state index contributed by atoms with van der Waals surface area (Å²) in [5, 5.41) is 2.99. The first kappa shape index (κ1) is 17.1. The average Bonchev–Trinajstić information content (AvgIpc) is 2.57. The molecule has 0 radical (unpaired) electrons. The SMILES string of the molecule is O=C1NC(=O)N(c2ccc(Cl)cc2)C(=O)[C@@H]1C=Nc1ccccc1Cl. The van der Waals surface area contributed by atoms with Gasteiger partial charge in [0.1, 0.15) is 0 Å². The number of anilines is 1. The Morgan fingerprint density at radius 2 is 1.68 bits per heavy atom. The summed E-state index contributed by atoms with van der Waals surface area (Å²) in [6.07, 6.45) is 1.17. The number of carbonyl (C=O) groups excluding carboxylic acids is 3. The van der Waals surface area contributed by atoms with Crippen LogP contribution in [-0.4, -0.2) is 24.1 Å². The fourth-order valence-corrected chi connectivity index (χ4v) is 2.58. The largest absolute Gasteiger partial charge is 0.335 e. The predicted octanol–water partition coefficient (Wildman–Crippen LogP) is 3.59. The van der Waals surface area contributed by atoms with Crippen LogP contribution in [-0.2, 0) is 9.59 Å². The lowest BCUT2D eigenvalue weighted by atomic mass is 10.1. The van der Waals surface area contributed by atoms with Gasteiger partial charge in [-0.05, 0) is 36.4 Å². The fourth-order valence-electron chi connectivity index (χ4n) is 2.27. The minimum absolute atomic E-state index is 0.301. The van der Waals surface area contributed by atoms with Gasteiger partial charge in [-0.3, -0.25) is 19.9 Å². The van der Waals surface area contributed by atoms with Crippen LogP contribution in [0.5, 0.6) is 0 Å². The maximum absolute atomic E-state index is 12.6. The van der Waals surface area contributed by atoms with E-state index in [0.717, 1.165) is 4.90 Å². The first-order valence-electron chi connectivity index (χ1n) is 7.20. The number of halogens is 2. The normalized spacial score (nSPS) is 17.9. The standard InChI is InChI=1S/C17H11Cl2N3O3/c18-10-5-7-11(8-6-10)22-16(24)12(15(23)21-17(22)25)9-20-14-4-2-1-3-13(14)19/h1-9,12H,(H,21,23,25)/t12-/m1/s1. The number of rotatable bonds is 3. The second-order valence-electron chi connectivity index (χ2n) is 5.15. The van der Waals surface area contributed by atoms with Gasteiger partial charge in [-0.25, -0.2) is 9.69 Å². The first-order valence-corrected chi connectivity index (χ1v) is 7.96. The van der Waals surface area contributed by atoms with E-state index in [0.29, 0.717) is 21.4 Å². The predicted molar refractivity (Wildman–Crippen MR) is 95.6 cm³/mol. The summed E-state index contributed by atoms with van der Waals surface area (Å²) in [6, 6.07) is 12.0. The van der Waals surface area contributed by atoms with E-state index in [1.165, 1.54) is 18.3 Å². The van der Waals surface area contributed by atoms with E-state index < -0.39 is 23.8 Å². The van der Waals surface area contributed by atoms with Crippen LogP contribution in [0.2, 0.25) is 10.0 Å². The Labute approximate surface area is 153 Å². The van der Waals surface area contributed by atoms with E-state index in [-0.39, 0.29) is 0 Å². The molecule has 126 valence electrons. The number of nitrogens with zero attached hydrogens (tertiary/aromatic N) is 2. The van der Waals surface area contributed by atoms with Crippen LogP contribution in [0, 0.1) is 5.92 Å². The molecule has 0 unspecified atom stereocenters. The third-order valence-electron chi connectivity index (χ3n) is 3.50. The monoisotopic (exact) mass is 375 g/mol. The number of para-hydroxylation sites is 1. The second-order valence-corrected chi connectivity index (χ2v) is 6.00. The van der Waals surface area contributed by atoms with Gasteiger partial charge in [0.2, 0.25) is 5.91 Å².